The maximum Gasteiger partial charge on any atom is 0.152 e. The summed E-state index contributed by atoms with van der Waals surface area (Å²) in [4.78, 5) is 11.1. The van der Waals surface area contributed by atoms with E-state index in [1.165, 1.54) is 6.92 Å². The summed E-state index contributed by atoms with van der Waals surface area (Å²) in [7, 11) is 0. The highest BCUT2D eigenvalue weighted by atomic mass is 19.1. The summed E-state index contributed by atoms with van der Waals surface area (Å²) < 4.78 is 12.6. The number of carbonyl (C=O) groups is 1. The minimum atomic E-state index is -1.36. The predicted octanol–water partition coefficient (Wildman–Crippen LogP) is 1.49. The second-order valence-electron chi connectivity index (χ2n) is 3.51. The van der Waals surface area contributed by atoms with Crippen LogP contribution in [0.1, 0.15) is 12.5 Å². The molecular formula is C11H14FNO. The maximum absolute atomic E-state index is 12.6. The summed E-state index contributed by atoms with van der Waals surface area (Å²) in [6.07, 6.45) is 0.250. The van der Waals surface area contributed by atoms with Gasteiger partial charge in [-0.15, -0.1) is 0 Å². The molecular weight excluding hydrogens is 181 g/mol. The number of carbonyl (C=O) groups excluding carboxylic acids is 1. The van der Waals surface area contributed by atoms with Crippen molar-refractivity contribution in [3.8, 4) is 0 Å². The van der Waals surface area contributed by atoms with Crippen LogP contribution < -0.4 is 5.73 Å². The van der Waals surface area contributed by atoms with E-state index < -0.39 is 12.2 Å². The largest absolute Gasteiger partial charge is 0.317 e. The third-order valence-electron chi connectivity index (χ3n) is 2.30. The van der Waals surface area contributed by atoms with Crippen molar-refractivity contribution in [2.24, 2.45) is 5.73 Å². The van der Waals surface area contributed by atoms with Gasteiger partial charge in [0.2, 0.25) is 0 Å². The van der Waals surface area contributed by atoms with Crippen LogP contribution in [-0.2, 0) is 11.2 Å². The molecule has 0 bridgehead atoms. The van der Waals surface area contributed by atoms with Crippen LogP contribution in [0.4, 0.5) is 4.39 Å². The van der Waals surface area contributed by atoms with Crippen molar-refractivity contribution < 1.29 is 9.18 Å². The zero-order valence-electron chi connectivity index (χ0n) is 8.16. The van der Waals surface area contributed by atoms with Gasteiger partial charge in [-0.3, -0.25) is 4.79 Å². The highest BCUT2D eigenvalue weighted by Gasteiger charge is 2.30. The number of ketones is 1. The highest BCUT2D eigenvalue weighted by molar-refractivity contribution is 5.86. The van der Waals surface area contributed by atoms with Gasteiger partial charge in [0, 0.05) is 6.42 Å². The molecule has 3 heteroatoms. The van der Waals surface area contributed by atoms with E-state index in [1.54, 1.807) is 0 Å². The van der Waals surface area contributed by atoms with Crippen LogP contribution in [0.25, 0.3) is 0 Å². The van der Waals surface area contributed by atoms with E-state index in [0.29, 0.717) is 0 Å². The first-order chi connectivity index (χ1) is 6.58. The zero-order valence-corrected chi connectivity index (χ0v) is 8.16. The van der Waals surface area contributed by atoms with E-state index >= 15 is 0 Å². The number of Topliss-reactive ketones (excluding diaryl/α,β-unsaturated/α-hetero) is 1. The Balaban J connectivity index is 2.81. The van der Waals surface area contributed by atoms with Gasteiger partial charge in [0.05, 0.1) is 0 Å². The fraction of sp³-hybridized carbons (Fsp3) is 0.364. The molecule has 1 unspecified atom stereocenters. The molecule has 1 aromatic carbocycles. The predicted molar refractivity (Wildman–Crippen MR) is 53.7 cm³/mol. The Morgan fingerprint density at radius 1 is 1.43 bits per heavy atom. The first-order valence-electron chi connectivity index (χ1n) is 4.48. The average Bonchev–Trinajstić information content (AvgIpc) is 2.19. The van der Waals surface area contributed by atoms with Gasteiger partial charge in [-0.1, -0.05) is 30.3 Å². The standard InChI is InChI=1S/C11H14FNO/c1-9(14)11(13,8-12)7-10-5-3-2-4-6-10/h2-6H,7-8,13H2,1H3. The number of benzene rings is 1. The summed E-state index contributed by atoms with van der Waals surface area (Å²) in [6, 6.07) is 9.22. The van der Waals surface area contributed by atoms with Crippen molar-refractivity contribution in [3.63, 3.8) is 0 Å². The minimum Gasteiger partial charge on any atom is -0.317 e. The summed E-state index contributed by atoms with van der Waals surface area (Å²) in [5.41, 5.74) is 5.17. The molecule has 76 valence electrons. The minimum absolute atomic E-state index is 0.250. The van der Waals surface area contributed by atoms with Gasteiger partial charge in [0.25, 0.3) is 0 Å². The van der Waals surface area contributed by atoms with Gasteiger partial charge in [-0.05, 0) is 12.5 Å². The van der Waals surface area contributed by atoms with Crippen LogP contribution in [0.15, 0.2) is 30.3 Å². The summed E-state index contributed by atoms with van der Waals surface area (Å²) >= 11 is 0. The van der Waals surface area contributed by atoms with E-state index in [4.69, 9.17) is 5.73 Å². The van der Waals surface area contributed by atoms with Crippen molar-refractivity contribution >= 4 is 5.78 Å². The topological polar surface area (TPSA) is 43.1 Å². The monoisotopic (exact) mass is 195 g/mol. The Morgan fingerprint density at radius 3 is 2.43 bits per heavy atom. The smallest absolute Gasteiger partial charge is 0.152 e. The van der Waals surface area contributed by atoms with E-state index in [-0.39, 0.29) is 12.2 Å². The van der Waals surface area contributed by atoms with Crippen molar-refractivity contribution in [2.75, 3.05) is 6.67 Å². The molecule has 1 aromatic rings. The van der Waals surface area contributed by atoms with E-state index in [2.05, 4.69) is 0 Å². The molecule has 0 saturated carbocycles. The third kappa shape index (κ3) is 2.39. The van der Waals surface area contributed by atoms with E-state index in [9.17, 15) is 9.18 Å². The molecule has 0 fully saturated rings. The van der Waals surface area contributed by atoms with Crippen molar-refractivity contribution in [2.45, 2.75) is 18.9 Å². The SMILES string of the molecule is CC(=O)C(N)(CF)Cc1ccccc1. The number of alkyl halides is 1. The lowest BCUT2D eigenvalue weighted by Gasteiger charge is -2.22. The first kappa shape index (κ1) is 10.9. The molecule has 2 N–H and O–H groups in total. The molecule has 0 spiro atoms. The molecule has 1 atom stereocenters. The number of nitrogens with two attached hydrogens (primary N) is 1. The Kier molecular flexibility index (Phi) is 3.36. The lowest BCUT2D eigenvalue weighted by Crippen LogP contribution is -2.50. The van der Waals surface area contributed by atoms with E-state index in [1.807, 2.05) is 30.3 Å². The molecule has 0 aromatic heterocycles. The first-order valence-corrected chi connectivity index (χ1v) is 4.48. The average molecular weight is 195 g/mol. The van der Waals surface area contributed by atoms with Crippen LogP contribution in [0.5, 0.6) is 0 Å². The van der Waals surface area contributed by atoms with Gasteiger partial charge < -0.3 is 5.73 Å². The number of halogens is 1. The lowest BCUT2D eigenvalue weighted by atomic mass is 9.90. The molecule has 0 aliphatic rings. The molecule has 0 radical (unpaired) electrons. The fourth-order valence-electron chi connectivity index (χ4n) is 1.23. The fourth-order valence-corrected chi connectivity index (χ4v) is 1.23. The van der Waals surface area contributed by atoms with Crippen molar-refractivity contribution in [3.05, 3.63) is 35.9 Å². The van der Waals surface area contributed by atoms with Gasteiger partial charge in [-0.25, -0.2) is 4.39 Å². The normalized spacial score (nSPS) is 14.8. The zero-order chi connectivity index (χ0) is 10.6. The molecule has 0 saturated heterocycles. The van der Waals surface area contributed by atoms with Crippen LogP contribution in [0.3, 0.4) is 0 Å². The van der Waals surface area contributed by atoms with Gasteiger partial charge >= 0.3 is 0 Å². The number of hydrogen-bond donors (Lipinski definition) is 1. The molecule has 0 heterocycles. The Bertz CT molecular complexity index is 312. The van der Waals surface area contributed by atoms with Gasteiger partial charge in [0.15, 0.2) is 5.78 Å². The Morgan fingerprint density at radius 2 is 2.00 bits per heavy atom. The lowest BCUT2D eigenvalue weighted by molar-refractivity contribution is -0.122. The molecule has 0 aliphatic carbocycles. The van der Waals surface area contributed by atoms with Crippen molar-refractivity contribution in [1.29, 1.82) is 0 Å². The van der Waals surface area contributed by atoms with Crippen LogP contribution in [-0.4, -0.2) is 18.0 Å². The molecule has 2 nitrogen and oxygen atoms in total. The summed E-state index contributed by atoms with van der Waals surface area (Å²) in [6.45, 7) is 0.500. The van der Waals surface area contributed by atoms with Crippen molar-refractivity contribution in [1.82, 2.24) is 0 Å². The highest BCUT2D eigenvalue weighted by Crippen LogP contribution is 2.12. The van der Waals surface area contributed by atoms with Crippen LogP contribution in [0.2, 0.25) is 0 Å². The summed E-state index contributed by atoms with van der Waals surface area (Å²) in [5.74, 6) is -0.316. The Labute approximate surface area is 82.9 Å². The molecule has 0 amide bonds. The third-order valence-corrected chi connectivity index (χ3v) is 2.30. The molecule has 0 aliphatic heterocycles. The Hall–Kier alpha value is -1.22. The van der Waals surface area contributed by atoms with E-state index in [0.717, 1.165) is 5.56 Å². The summed E-state index contributed by atoms with van der Waals surface area (Å²) in [5, 5.41) is 0. The second-order valence-corrected chi connectivity index (χ2v) is 3.51. The van der Waals surface area contributed by atoms with Crippen LogP contribution >= 0.6 is 0 Å². The van der Waals surface area contributed by atoms with Crippen LogP contribution in [0, 0.1) is 0 Å². The number of rotatable bonds is 4. The molecule has 14 heavy (non-hydrogen) atoms. The number of hydrogen-bond acceptors (Lipinski definition) is 2. The van der Waals surface area contributed by atoms with Gasteiger partial charge in [0.1, 0.15) is 12.2 Å². The maximum atomic E-state index is 12.6. The van der Waals surface area contributed by atoms with Gasteiger partial charge in [-0.2, -0.15) is 0 Å². The quantitative estimate of drug-likeness (QED) is 0.790. The molecule has 1 rings (SSSR count). The second kappa shape index (κ2) is 4.33.